The smallest absolute Gasteiger partial charge is 0.407 e. The molecule has 30 atom stereocenters. The first-order chi connectivity index (χ1) is 61.8. The number of rotatable bonds is 29. The number of hydrogen-bond acceptors (Lipinski definition) is 17. The van der Waals surface area contributed by atoms with Gasteiger partial charge in [0.25, 0.3) is 30.4 Å². The zero-order valence-corrected chi connectivity index (χ0v) is 84.4. The molecule has 3 unspecified atom stereocenters. The number of sulfonamides is 1. The first-order valence-corrected chi connectivity index (χ1v) is 57.1. The third-order valence-electron chi connectivity index (χ3n) is 38.0. The first-order valence-electron chi connectivity index (χ1n) is 50.4. The molecule has 12 fully saturated rings. The molecule has 0 aliphatic heterocycles. The summed E-state index contributed by atoms with van der Waals surface area (Å²) in [5.74, 6) is 5.65. The molecule has 12 N–H and O–H groups in total. The standard InChI is InChI=1S/C45H60N2O5S.C31H54N2O7S.C27H48N2O7S2/c1-31(19-22-41(49)46-27-28-53(50,51)52)37-20-21-38-42-39(24-26-44(37,38)3)43(2)25-23-36(48)29-35(43)30-40(42)47-45(32-13-7-4-8-14-32,33-15-9-5-10-16-33)34-17-11-6-12-18-34;1-19(7-10-26(35)32-15-16-41(37,38)39)22-8-9-23-27-24(12-14-31(22,23)6)30(5)13-11-21(34)17-20(30)18-25(27)33-28(36)40-29(2,3)4;1-17(5-8-24(31)28-13-14-38(34,35)36)20-6-7-21-25-22(10-12-27(20,21)3)26(2)11-9-19(30)15-18(26)16-23(25)29-37(4,32)33/h4-18,31,35-40,42,47-48H,19-30H2,1-3H3,(H,46,49)(H,50,51,52);19-25,27,34H,7-18H2,1-6H3,(H,32,35)(H,33,36)(H,37,38,39);17-23,25,29-30H,5-16H2,1-4H3,(H,28,31)(H,34,35,36)/t31-,35?,36-,37-,38+,39+,40+,42+,43+,44-;19-,20?,21-,22-,23+,24+,25+,27+,30+,31-;17-,18?,19-,20-,21+,22+,23+,25+,26+,27-/m111/s1. The maximum absolute atomic E-state index is 13.1. The van der Waals surface area contributed by atoms with Gasteiger partial charge in [0, 0.05) is 57.0 Å². The van der Waals surface area contributed by atoms with Crippen LogP contribution in [0.15, 0.2) is 91.0 Å². The van der Waals surface area contributed by atoms with Crippen molar-refractivity contribution in [1.29, 1.82) is 0 Å². The van der Waals surface area contributed by atoms with Crippen molar-refractivity contribution in [2.24, 2.45) is 139 Å². The van der Waals surface area contributed by atoms with Crippen molar-refractivity contribution in [3.05, 3.63) is 108 Å². The van der Waals surface area contributed by atoms with Crippen LogP contribution in [0, 0.1) is 139 Å². The molecule has 29 heteroatoms. The quantitative estimate of drug-likeness (QED) is 0.0227. The number of amides is 4. The highest BCUT2D eigenvalue weighted by Gasteiger charge is 2.68. The fourth-order valence-electron chi connectivity index (χ4n) is 31.8. The summed E-state index contributed by atoms with van der Waals surface area (Å²) < 4.78 is 126. The second-order valence-electron chi connectivity index (χ2n) is 46.5. The van der Waals surface area contributed by atoms with E-state index in [9.17, 15) is 68.2 Å². The van der Waals surface area contributed by atoms with Crippen LogP contribution < -0.4 is 31.3 Å². The highest BCUT2D eigenvalue weighted by Crippen LogP contribution is 2.73. The van der Waals surface area contributed by atoms with Gasteiger partial charge < -0.3 is 41.3 Å². The van der Waals surface area contributed by atoms with Gasteiger partial charge in [-0.3, -0.25) is 33.4 Å². The van der Waals surface area contributed by atoms with Gasteiger partial charge >= 0.3 is 6.09 Å². The van der Waals surface area contributed by atoms with E-state index in [0.717, 1.165) is 148 Å². The van der Waals surface area contributed by atoms with Crippen molar-refractivity contribution >= 4 is 64.2 Å². The molecule has 0 aromatic heterocycles. The zero-order valence-electron chi connectivity index (χ0n) is 81.1. The van der Waals surface area contributed by atoms with Crippen LogP contribution in [0.3, 0.4) is 0 Å². The van der Waals surface area contributed by atoms with Gasteiger partial charge in [0.05, 0.1) is 47.4 Å². The van der Waals surface area contributed by atoms with Gasteiger partial charge in [0.1, 0.15) is 5.60 Å². The van der Waals surface area contributed by atoms with E-state index < -0.39 is 68.8 Å². The number of carbonyl (C=O) groups is 4. The lowest BCUT2D eigenvalue weighted by Crippen LogP contribution is -2.64. The normalized spacial score (nSPS) is 37.7. The molecule has 0 bridgehead atoms. The van der Waals surface area contributed by atoms with Crippen LogP contribution in [0.25, 0.3) is 0 Å². The van der Waals surface area contributed by atoms with Gasteiger partial charge in [-0.05, 0) is 350 Å². The van der Waals surface area contributed by atoms with Gasteiger partial charge in [0.2, 0.25) is 27.7 Å². The van der Waals surface area contributed by atoms with Crippen LogP contribution in [0.2, 0.25) is 0 Å². The Labute approximate surface area is 790 Å². The molecule has 0 saturated heterocycles. The van der Waals surface area contributed by atoms with Gasteiger partial charge in [0.15, 0.2) is 0 Å². The predicted octanol–water partition coefficient (Wildman–Crippen LogP) is 15.9. The highest BCUT2D eigenvalue weighted by atomic mass is 32.2. The molecular formula is C103H162N6O19S4. The largest absolute Gasteiger partial charge is 0.444 e. The Morgan fingerprint density at radius 3 is 0.977 bits per heavy atom. The van der Waals surface area contributed by atoms with E-state index in [1.807, 2.05) is 20.8 Å². The molecule has 4 amide bonds. The second-order valence-corrected chi connectivity index (χ2v) is 53.0. The number of aliphatic hydroxyl groups is 3. The second kappa shape index (κ2) is 41.3. The summed E-state index contributed by atoms with van der Waals surface area (Å²) >= 11 is 0. The molecule has 25 nitrogen and oxygen atoms in total. The van der Waals surface area contributed by atoms with Crippen molar-refractivity contribution in [2.45, 2.75) is 323 Å². The predicted molar refractivity (Wildman–Crippen MR) is 514 cm³/mol. The van der Waals surface area contributed by atoms with Crippen molar-refractivity contribution < 1.29 is 86.6 Å². The summed E-state index contributed by atoms with van der Waals surface area (Å²) in [5.41, 5.74) is 3.40. The van der Waals surface area contributed by atoms with E-state index in [4.69, 9.17) is 18.4 Å². The van der Waals surface area contributed by atoms with Gasteiger partial charge in [-0.15, -0.1) is 0 Å². The maximum atomic E-state index is 13.1. The molecule has 0 spiro atoms. The zero-order chi connectivity index (χ0) is 95.9. The summed E-state index contributed by atoms with van der Waals surface area (Å²) in [5, 5.41) is 47.8. The maximum Gasteiger partial charge on any atom is 0.407 e. The monoisotopic (exact) mass is 1920 g/mol. The average molecular weight is 1920 g/mol. The number of aliphatic hydroxyl groups excluding tert-OH is 3. The number of benzene rings is 3. The average Bonchev–Trinajstić information content (AvgIpc) is 1.58. The van der Waals surface area contributed by atoms with Crippen LogP contribution in [0.4, 0.5) is 4.79 Å². The van der Waals surface area contributed by atoms with Crippen LogP contribution in [0.5, 0.6) is 0 Å². The van der Waals surface area contributed by atoms with Gasteiger partial charge in [-0.2, -0.15) is 25.3 Å². The minimum Gasteiger partial charge on any atom is -0.444 e. The fraction of sp³-hybridized carbons (Fsp3) is 0.786. The molecule has 12 aliphatic rings. The summed E-state index contributed by atoms with van der Waals surface area (Å²) in [7, 11) is -15.7. The number of fused-ring (bicyclic) bond motifs is 15. The minimum atomic E-state index is -4.11. The van der Waals surface area contributed by atoms with E-state index in [1.165, 1.54) is 42.2 Å². The van der Waals surface area contributed by atoms with E-state index in [2.05, 4.69) is 185 Å². The molecule has 3 aromatic carbocycles. The Hall–Kier alpha value is -5.18. The van der Waals surface area contributed by atoms with Crippen LogP contribution in [0.1, 0.15) is 292 Å². The van der Waals surface area contributed by atoms with E-state index in [1.54, 1.807) is 0 Å². The number of carbonyl (C=O) groups excluding carboxylic acids is 4. The van der Waals surface area contributed by atoms with Crippen molar-refractivity contribution in [3.8, 4) is 0 Å². The van der Waals surface area contributed by atoms with Crippen molar-refractivity contribution in [1.82, 2.24) is 31.3 Å². The van der Waals surface area contributed by atoms with E-state index in [-0.39, 0.29) is 118 Å². The fourth-order valence-corrected chi connectivity index (χ4v) is 33.7. The number of ether oxygens (including phenoxy) is 1. The third-order valence-corrected chi connectivity index (χ3v) is 40.9. The lowest BCUT2D eigenvalue weighted by Gasteiger charge is -2.64. The Bertz CT molecular complexity index is 4820. The Morgan fingerprint density at radius 1 is 0.394 bits per heavy atom. The van der Waals surface area contributed by atoms with Gasteiger partial charge in [-0.1, -0.05) is 153 Å². The molecular weight excluding hydrogens is 1750 g/mol. The van der Waals surface area contributed by atoms with Crippen molar-refractivity contribution in [2.75, 3.05) is 43.1 Å². The number of hydrogen-bond donors (Lipinski definition) is 12. The Morgan fingerprint density at radius 2 is 0.674 bits per heavy atom. The molecule has 15 rings (SSSR count). The SMILES string of the molecule is C[C@H](CCC(=O)NCCS(=O)(=O)O)[C@H]1CC[C@H]2[C@@H]3[C@@H](NC(=O)OC(C)(C)C)CC4C[C@H](O)CC[C@]4(C)[C@H]3CC[C@]12C.C[C@H](CCC(=O)NCCS(=O)(=O)O)[C@H]1CC[C@H]2[C@@H]3[C@@H](NC(c4ccccc4)(c4ccccc4)c4ccccc4)CC4C[C@H](O)CC[C@]4(C)[C@H]3CC[C@]12C.C[C@H](CCC(=O)NCCS(=O)(=O)O)[C@H]1CC[C@H]2[C@@H]3[C@@H](NS(C)(=O)=O)CC4C[C@H](O)CC[C@]4(C)[C@H]3CC[C@]12C. The summed E-state index contributed by atoms with van der Waals surface area (Å²) in [6.07, 6.45) is 27.7. The molecule has 742 valence electrons. The molecule has 0 radical (unpaired) electrons. The molecule has 12 aliphatic carbocycles. The molecule has 132 heavy (non-hydrogen) atoms. The van der Waals surface area contributed by atoms with Crippen LogP contribution >= 0.6 is 0 Å². The van der Waals surface area contributed by atoms with Crippen LogP contribution in [-0.2, 0) is 65.0 Å². The Kier molecular flexibility index (Phi) is 32.6. The summed E-state index contributed by atoms with van der Waals surface area (Å²) in [6.45, 7) is 27.0. The third kappa shape index (κ3) is 23.3. The van der Waals surface area contributed by atoms with Crippen molar-refractivity contribution in [3.63, 3.8) is 0 Å². The highest BCUT2D eigenvalue weighted by molar-refractivity contribution is 7.88. The number of nitrogens with one attached hydrogen (secondary N) is 6. The lowest BCUT2D eigenvalue weighted by molar-refractivity contribution is -0.144. The minimum absolute atomic E-state index is 0.0190. The summed E-state index contributed by atoms with van der Waals surface area (Å²) in [6, 6.07) is 33.1. The molecule has 12 saturated carbocycles. The lowest BCUT2D eigenvalue weighted by atomic mass is 9.43. The first kappa shape index (κ1) is 104. The Balaban J connectivity index is 0.000000171. The van der Waals surface area contributed by atoms with E-state index in [0.29, 0.717) is 126 Å². The molecule has 3 aromatic rings. The number of alkyl carbamates (subject to hydrolysis) is 1. The summed E-state index contributed by atoms with van der Waals surface area (Å²) in [4.78, 5) is 50.4. The topological polar surface area (TPSA) is 408 Å². The van der Waals surface area contributed by atoms with E-state index >= 15 is 0 Å². The van der Waals surface area contributed by atoms with Crippen LogP contribution in [-0.4, -0.2) is 172 Å². The molecule has 0 heterocycles. The van der Waals surface area contributed by atoms with Gasteiger partial charge in [-0.25, -0.2) is 17.9 Å².